The summed E-state index contributed by atoms with van der Waals surface area (Å²) in [5.41, 5.74) is 0. The van der Waals surface area contributed by atoms with Gasteiger partial charge in [-0.15, -0.1) is 0 Å². The summed E-state index contributed by atoms with van der Waals surface area (Å²) >= 11 is 0. The molecule has 0 radical (unpaired) electrons. The first-order chi connectivity index (χ1) is 6.29. The standard InChI is InChI=1S/C11H19NO/c1-2-12-11(13)7-10-6-8-3-4-9(10)5-8/h8-10H,2-7H2,1H3,(H,12,13). The number of carbonyl (C=O) groups is 1. The molecule has 2 nitrogen and oxygen atoms in total. The van der Waals surface area contributed by atoms with Gasteiger partial charge in [-0.1, -0.05) is 6.42 Å². The van der Waals surface area contributed by atoms with Gasteiger partial charge in [-0.05, 0) is 43.9 Å². The van der Waals surface area contributed by atoms with Crippen molar-refractivity contribution in [1.82, 2.24) is 5.32 Å². The predicted octanol–water partition coefficient (Wildman–Crippen LogP) is 1.95. The summed E-state index contributed by atoms with van der Waals surface area (Å²) in [5.74, 6) is 2.82. The van der Waals surface area contributed by atoms with Gasteiger partial charge < -0.3 is 5.32 Å². The van der Waals surface area contributed by atoms with Gasteiger partial charge in [-0.2, -0.15) is 0 Å². The van der Waals surface area contributed by atoms with Gasteiger partial charge in [0.2, 0.25) is 5.91 Å². The van der Waals surface area contributed by atoms with Gasteiger partial charge in [0.1, 0.15) is 0 Å². The largest absolute Gasteiger partial charge is 0.356 e. The average molecular weight is 181 g/mol. The fourth-order valence-electron chi connectivity index (χ4n) is 3.13. The minimum Gasteiger partial charge on any atom is -0.356 e. The molecule has 0 heterocycles. The maximum Gasteiger partial charge on any atom is 0.220 e. The van der Waals surface area contributed by atoms with E-state index >= 15 is 0 Å². The van der Waals surface area contributed by atoms with Crippen LogP contribution in [0.1, 0.15) is 39.0 Å². The Labute approximate surface area is 80.1 Å². The van der Waals surface area contributed by atoms with E-state index < -0.39 is 0 Å². The van der Waals surface area contributed by atoms with Crippen LogP contribution in [0.2, 0.25) is 0 Å². The fourth-order valence-corrected chi connectivity index (χ4v) is 3.13. The van der Waals surface area contributed by atoms with Crippen LogP contribution in [-0.4, -0.2) is 12.5 Å². The smallest absolute Gasteiger partial charge is 0.220 e. The van der Waals surface area contributed by atoms with E-state index in [1.165, 1.54) is 25.7 Å². The second kappa shape index (κ2) is 3.69. The van der Waals surface area contributed by atoms with Crippen molar-refractivity contribution < 1.29 is 4.79 Å². The number of hydrogen-bond donors (Lipinski definition) is 1. The monoisotopic (exact) mass is 181 g/mol. The minimum absolute atomic E-state index is 0.264. The van der Waals surface area contributed by atoms with Gasteiger partial charge in [-0.25, -0.2) is 0 Å². The lowest BCUT2D eigenvalue weighted by Crippen LogP contribution is -2.26. The third-order valence-corrected chi connectivity index (χ3v) is 3.71. The van der Waals surface area contributed by atoms with Crippen LogP contribution >= 0.6 is 0 Å². The molecular formula is C11H19NO. The average Bonchev–Trinajstić information content (AvgIpc) is 2.65. The van der Waals surface area contributed by atoms with Gasteiger partial charge in [0.15, 0.2) is 0 Å². The van der Waals surface area contributed by atoms with Crippen molar-refractivity contribution in [2.24, 2.45) is 17.8 Å². The minimum atomic E-state index is 0.264. The molecule has 0 aromatic heterocycles. The van der Waals surface area contributed by atoms with Crippen LogP contribution in [0, 0.1) is 17.8 Å². The molecule has 0 spiro atoms. The lowest BCUT2D eigenvalue weighted by Gasteiger charge is -2.20. The van der Waals surface area contributed by atoms with Gasteiger partial charge in [0.05, 0.1) is 0 Å². The zero-order chi connectivity index (χ0) is 9.26. The van der Waals surface area contributed by atoms with E-state index in [0.29, 0.717) is 5.92 Å². The van der Waals surface area contributed by atoms with Crippen LogP contribution in [0.4, 0.5) is 0 Å². The normalized spacial score (nSPS) is 36.5. The quantitative estimate of drug-likeness (QED) is 0.708. The molecule has 13 heavy (non-hydrogen) atoms. The van der Waals surface area contributed by atoms with Crippen molar-refractivity contribution in [3.8, 4) is 0 Å². The number of carbonyl (C=O) groups excluding carboxylic acids is 1. The maximum absolute atomic E-state index is 11.4. The zero-order valence-electron chi connectivity index (χ0n) is 8.38. The van der Waals surface area contributed by atoms with Crippen molar-refractivity contribution in [2.75, 3.05) is 6.54 Å². The van der Waals surface area contributed by atoms with Crippen LogP contribution in [0.3, 0.4) is 0 Å². The number of amides is 1. The molecule has 2 aliphatic carbocycles. The first-order valence-corrected chi connectivity index (χ1v) is 5.56. The Hall–Kier alpha value is -0.530. The summed E-state index contributed by atoms with van der Waals surface area (Å²) in [4.78, 5) is 11.4. The topological polar surface area (TPSA) is 29.1 Å². The third kappa shape index (κ3) is 1.87. The van der Waals surface area contributed by atoms with Gasteiger partial charge in [0.25, 0.3) is 0 Å². The third-order valence-electron chi connectivity index (χ3n) is 3.71. The molecule has 2 fully saturated rings. The van der Waals surface area contributed by atoms with E-state index in [4.69, 9.17) is 0 Å². The number of hydrogen-bond acceptors (Lipinski definition) is 1. The summed E-state index contributed by atoms with van der Waals surface area (Å²) in [7, 11) is 0. The van der Waals surface area contributed by atoms with E-state index in [0.717, 1.165) is 24.8 Å². The highest BCUT2D eigenvalue weighted by molar-refractivity contribution is 5.76. The Bertz CT molecular complexity index is 202. The van der Waals surface area contributed by atoms with Crippen molar-refractivity contribution in [3.63, 3.8) is 0 Å². The second-order valence-electron chi connectivity index (χ2n) is 4.59. The van der Waals surface area contributed by atoms with Crippen LogP contribution in [0.25, 0.3) is 0 Å². The Morgan fingerprint density at radius 1 is 1.38 bits per heavy atom. The molecule has 0 aliphatic heterocycles. The van der Waals surface area contributed by atoms with Crippen molar-refractivity contribution in [3.05, 3.63) is 0 Å². The van der Waals surface area contributed by atoms with Crippen LogP contribution in [-0.2, 0) is 4.79 Å². The van der Waals surface area contributed by atoms with Gasteiger partial charge >= 0.3 is 0 Å². The van der Waals surface area contributed by atoms with Gasteiger partial charge in [0, 0.05) is 13.0 Å². The highest BCUT2D eigenvalue weighted by atomic mass is 16.1. The Kier molecular flexibility index (Phi) is 2.56. The van der Waals surface area contributed by atoms with Gasteiger partial charge in [-0.3, -0.25) is 4.79 Å². The highest BCUT2D eigenvalue weighted by Crippen LogP contribution is 2.49. The molecule has 0 aromatic carbocycles. The SMILES string of the molecule is CCNC(=O)CC1CC2CCC1C2. The molecule has 0 saturated heterocycles. The van der Waals surface area contributed by atoms with E-state index in [1.807, 2.05) is 6.92 Å². The maximum atomic E-state index is 11.4. The molecule has 1 N–H and O–H groups in total. The molecule has 2 rings (SSSR count). The fraction of sp³-hybridized carbons (Fsp3) is 0.909. The first kappa shape index (κ1) is 9.04. The van der Waals surface area contributed by atoms with E-state index in [1.54, 1.807) is 0 Å². The highest BCUT2D eigenvalue weighted by Gasteiger charge is 2.39. The van der Waals surface area contributed by atoms with Crippen molar-refractivity contribution in [2.45, 2.75) is 39.0 Å². The molecular weight excluding hydrogens is 162 g/mol. The number of fused-ring (bicyclic) bond motifs is 2. The summed E-state index contributed by atoms with van der Waals surface area (Å²) in [6, 6.07) is 0. The van der Waals surface area contributed by atoms with Crippen LogP contribution in [0.15, 0.2) is 0 Å². The molecule has 3 atom stereocenters. The number of rotatable bonds is 3. The summed E-state index contributed by atoms with van der Waals surface area (Å²) in [6.45, 7) is 2.76. The molecule has 2 aliphatic rings. The van der Waals surface area contributed by atoms with Crippen molar-refractivity contribution >= 4 is 5.91 Å². The zero-order valence-corrected chi connectivity index (χ0v) is 8.38. The summed E-state index contributed by atoms with van der Waals surface area (Å²) in [6.07, 6.45) is 6.33. The Morgan fingerprint density at radius 3 is 2.77 bits per heavy atom. The second-order valence-corrected chi connectivity index (χ2v) is 4.59. The lowest BCUT2D eigenvalue weighted by molar-refractivity contribution is -0.122. The molecule has 2 heteroatoms. The molecule has 3 unspecified atom stereocenters. The molecule has 1 amide bonds. The first-order valence-electron chi connectivity index (χ1n) is 5.56. The summed E-state index contributed by atoms with van der Waals surface area (Å²) in [5, 5.41) is 2.89. The Balaban J connectivity index is 1.79. The molecule has 74 valence electrons. The van der Waals surface area contributed by atoms with Crippen LogP contribution < -0.4 is 5.32 Å². The summed E-state index contributed by atoms with van der Waals surface area (Å²) < 4.78 is 0. The lowest BCUT2D eigenvalue weighted by atomic mass is 9.86. The van der Waals surface area contributed by atoms with Crippen molar-refractivity contribution in [1.29, 1.82) is 0 Å². The Morgan fingerprint density at radius 2 is 2.23 bits per heavy atom. The van der Waals surface area contributed by atoms with E-state index in [9.17, 15) is 4.79 Å². The predicted molar refractivity (Wildman–Crippen MR) is 52.2 cm³/mol. The molecule has 0 aromatic rings. The number of nitrogens with one attached hydrogen (secondary N) is 1. The molecule has 2 saturated carbocycles. The van der Waals surface area contributed by atoms with Crippen LogP contribution in [0.5, 0.6) is 0 Å². The van der Waals surface area contributed by atoms with E-state index in [-0.39, 0.29) is 5.91 Å². The van der Waals surface area contributed by atoms with E-state index in [2.05, 4.69) is 5.32 Å². The molecule has 2 bridgehead atoms.